The molecule has 0 aromatic carbocycles. The summed E-state index contributed by atoms with van der Waals surface area (Å²) >= 11 is 0. The van der Waals surface area contributed by atoms with E-state index in [2.05, 4.69) is 6.92 Å². The summed E-state index contributed by atoms with van der Waals surface area (Å²) in [4.78, 5) is 0. The topological polar surface area (TPSA) is 29.5 Å². The fraction of sp³-hybridized carbons (Fsp3) is 1.00. The zero-order valence-electron chi connectivity index (χ0n) is 7.05. The summed E-state index contributed by atoms with van der Waals surface area (Å²) in [5.41, 5.74) is 0.0816. The molecule has 1 aliphatic heterocycles. The van der Waals surface area contributed by atoms with Gasteiger partial charge in [-0.3, -0.25) is 0 Å². The van der Waals surface area contributed by atoms with Gasteiger partial charge in [0, 0.05) is 5.41 Å². The first-order valence-electron chi connectivity index (χ1n) is 4.53. The van der Waals surface area contributed by atoms with Crippen LogP contribution in [0.5, 0.6) is 0 Å². The van der Waals surface area contributed by atoms with Crippen LogP contribution in [0.3, 0.4) is 0 Å². The lowest BCUT2D eigenvalue weighted by Gasteiger charge is -2.36. The van der Waals surface area contributed by atoms with E-state index in [0.29, 0.717) is 5.92 Å². The number of hydrogen-bond donors (Lipinski definition) is 1. The third kappa shape index (κ3) is 1.00. The lowest BCUT2D eigenvalue weighted by molar-refractivity contribution is -0.119. The van der Waals surface area contributed by atoms with E-state index >= 15 is 0 Å². The minimum absolute atomic E-state index is 0.0816. The largest absolute Gasteiger partial charge is 0.367 e. The van der Waals surface area contributed by atoms with Crippen molar-refractivity contribution in [1.82, 2.24) is 0 Å². The highest BCUT2D eigenvalue weighted by molar-refractivity contribution is 4.92. The van der Waals surface area contributed by atoms with Gasteiger partial charge in [-0.15, -0.1) is 0 Å². The van der Waals surface area contributed by atoms with E-state index in [1.54, 1.807) is 0 Å². The van der Waals surface area contributed by atoms with E-state index < -0.39 is 6.29 Å². The highest BCUT2D eigenvalue weighted by Crippen LogP contribution is 2.48. The first-order chi connectivity index (χ1) is 5.23. The zero-order chi connectivity index (χ0) is 7.90. The summed E-state index contributed by atoms with van der Waals surface area (Å²) in [6, 6.07) is 0. The molecule has 1 N–H and O–H groups in total. The molecule has 0 amide bonds. The number of aliphatic hydroxyl groups excluding tert-OH is 1. The number of ether oxygens (including phenoxy) is 1. The predicted molar refractivity (Wildman–Crippen MR) is 42.0 cm³/mol. The molecular formula is C9H16O2. The van der Waals surface area contributed by atoms with Crippen molar-refractivity contribution in [2.75, 3.05) is 6.61 Å². The zero-order valence-corrected chi connectivity index (χ0v) is 7.05. The van der Waals surface area contributed by atoms with E-state index in [0.717, 1.165) is 13.0 Å². The van der Waals surface area contributed by atoms with E-state index in [9.17, 15) is 5.11 Å². The Morgan fingerprint density at radius 3 is 3.00 bits per heavy atom. The second kappa shape index (κ2) is 2.46. The normalized spacial score (nSPS) is 50.7. The van der Waals surface area contributed by atoms with Crippen LogP contribution in [0.25, 0.3) is 0 Å². The van der Waals surface area contributed by atoms with Crippen LogP contribution in [0.15, 0.2) is 0 Å². The predicted octanol–water partition coefficient (Wildman–Crippen LogP) is 1.53. The molecule has 1 unspecified atom stereocenters. The fourth-order valence-corrected chi connectivity index (χ4v) is 2.43. The highest BCUT2D eigenvalue weighted by Gasteiger charge is 2.47. The Bertz CT molecular complexity index is 156. The molecule has 0 aromatic heterocycles. The summed E-state index contributed by atoms with van der Waals surface area (Å²) in [5.74, 6) is 0.617. The molecule has 2 fully saturated rings. The quantitative estimate of drug-likeness (QED) is 0.576. The van der Waals surface area contributed by atoms with Crippen molar-refractivity contribution >= 4 is 0 Å². The number of fused-ring (bicyclic) bond motifs is 1. The summed E-state index contributed by atoms with van der Waals surface area (Å²) in [5, 5.41) is 9.56. The van der Waals surface area contributed by atoms with Gasteiger partial charge in [0.1, 0.15) is 0 Å². The summed E-state index contributed by atoms with van der Waals surface area (Å²) in [6.45, 7) is 2.94. The van der Waals surface area contributed by atoms with Crippen molar-refractivity contribution in [3.8, 4) is 0 Å². The molecule has 0 radical (unpaired) electrons. The molecule has 2 heteroatoms. The van der Waals surface area contributed by atoms with Crippen molar-refractivity contribution in [2.45, 2.75) is 38.9 Å². The van der Waals surface area contributed by atoms with Gasteiger partial charge in [0.25, 0.3) is 0 Å². The van der Waals surface area contributed by atoms with Crippen LogP contribution in [0.1, 0.15) is 32.6 Å². The molecule has 64 valence electrons. The average molecular weight is 156 g/mol. The molecule has 2 nitrogen and oxygen atoms in total. The Morgan fingerprint density at radius 1 is 1.45 bits per heavy atom. The van der Waals surface area contributed by atoms with Crippen molar-refractivity contribution < 1.29 is 9.84 Å². The summed E-state index contributed by atoms with van der Waals surface area (Å²) in [6.07, 6.45) is 4.46. The van der Waals surface area contributed by atoms with Crippen LogP contribution in [0.2, 0.25) is 0 Å². The average Bonchev–Trinajstić information content (AvgIpc) is 2.29. The lowest BCUT2D eigenvalue weighted by atomic mass is 9.69. The maximum atomic E-state index is 9.56. The second-order valence-electron chi connectivity index (χ2n) is 4.13. The Labute approximate surface area is 67.6 Å². The molecule has 1 saturated carbocycles. The van der Waals surface area contributed by atoms with Crippen molar-refractivity contribution in [2.24, 2.45) is 11.3 Å². The molecule has 2 aliphatic rings. The maximum absolute atomic E-state index is 9.56. The SMILES string of the molecule is C[C@@]12CCCC[C@@H]1COC2O. The van der Waals surface area contributed by atoms with Crippen molar-refractivity contribution in [3.05, 3.63) is 0 Å². The van der Waals surface area contributed by atoms with Gasteiger partial charge < -0.3 is 9.84 Å². The van der Waals surface area contributed by atoms with Gasteiger partial charge in [0.15, 0.2) is 6.29 Å². The third-order valence-electron chi connectivity index (χ3n) is 3.47. The van der Waals surface area contributed by atoms with Gasteiger partial charge in [-0.1, -0.05) is 19.8 Å². The van der Waals surface area contributed by atoms with E-state index in [4.69, 9.17) is 4.74 Å². The molecule has 1 aliphatic carbocycles. The third-order valence-corrected chi connectivity index (χ3v) is 3.47. The number of rotatable bonds is 0. The van der Waals surface area contributed by atoms with Gasteiger partial charge >= 0.3 is 0 Å². The Hall–Kier alpha value is -0.0800. The molecule has 1 heterocycles. The van der Waals surface area contributed by atoms with Gasteiger partial charge in [-0.2, -0.15) is 0 Å². The summed E-state index contributed by atoms with van der Waals surface area (Å²) < 4.78 is 5.26. The molecular weight excluding hydrogens is 140 g/mol. The van der Waals surface area contributed by atoms with Crippen LogP contribution in [-0.4, -0.2) is 18.0 Å². The Morgan fingerprint density at radius 2 is 2.27 bits per heavy atom. The first kappa shape index (κ1) is 7.56. The maximum Gasteiger partial charge on any atom is 0.160 e. The van der Waals surface area contributed by atoms with Crippen LogP contribution in [-0.2, 0) is 4.74 Å². The first-order valence-corrected chi connectivity index (χ1v) is 4.53. The Balaban J connectivity index is 2.16. The molecule has 1 saturated heterocycles. The van der Waals surface area contributed by atoms with Crippen LogP contribution in [0, 0.1) is 11.3 Å². The Kier molecular flexibility index (Phi) is 1.69. The van der Waals surface area contributed by atoms with Crippen molar-refractivity contribution in [1.29, 1.82) is 0 Å². The molecule has 3 atom stereocenters. The number of aliphatic hydroxyl groups is 1. The molecule has 0 aromatic rings. The van der Waals surface area contributed by atoms with Crippen LogP contribution < -0.4 is 0 Å². The number of hydrogen-bond acceptors (Lipinski definition) is 2. The van der Waals surface area contributed by atoms with Gasteiger partial charge in [0.2, 0.25) is 0 Å². The smallest absolute Gasteiger partial charge is 0.160 e. The monoisotopic (exact) mass is 156 g/mol. The van der Waals surface area contributed by atoms with Gasteiger partial charge in [0.05, 0.1) is 6.61 Å². The molecule has 11 heavy (non-hydrogen) atoms. The summed E-state index contributed by atoms with van der Waals surface area (Å²) in [7, 11) is 0. The standard InChI is InChI=1S/C9H16O2/c1-9-5-3-2-4-7(9)6-11-8(9)10/h7-8,10H,2-6H2,1H3/t7-,8?,9-/m1/s1. The van der Waals surface area contributed by atoms with Gasteiger partial charge in [-0.25, -0.2) is 0 Å². The molecule has 0 spiro atoms. The lowest BCUT2D eigenvalue weighted by Crippen LogP contribution is -2.35. The van der Waals surface area contributed by atoms with E-state index in [-0.39, 0.29) is 5.41 Å². The van der Waals surface area contributed by atoms with E-state index in [1.807, 2.05) is 0 Å². The highest BCUT2D eigenvalue weighted by atomic mass is 16.6. The minimum atomic E-state index is -0.493. The van der Waals surface area contributed by atoms with Gasteiger partial charge in [-0.05, 0) is 18.8 Å². The molecule has 0 bridgehead atoms. The fourth-order valence-electron chi connectivity index (χ4n) is 2.43. The second-order valence-corrected chi connectivity index (χ2v) is 4.13. The molecule has 2 rings (SSSR count). The minimum Gasteiger partial charge on any atom is -0.367 e. The van der Waals surface area contributed by atoms with Crippen LogP contribution >= 0.6 is 0 Å². The van der Waals surface area contributed by atoms with Crippen LogP contribution in [0.4, 0.5) is 0 Å². The van der Waals surface area contributed by atoms with Crippen molar-refractivity contribution in [3.63, 3.8) is 0 Å². The van der Waals surface area contributed by atoms with E-state index in [1.165, 1.54) is 19.3 Å².